The fourth-order valence-corrected chi connectivity index (χ4v) is 7.10. The molecule has 242 valence electrons. The maximum Gasteiger partial charge on any atom is 0.0715 e. The molecule has 0 atom stereocenters. The van der Waals surface area contributed by atoms with Gasteiger partial charge in [-0.15, -0.1) is 0 Å². The van der Waals surface area contributed by atoms with Crippen molar-refractivity contribution < 1.29 is 0 Å². The van der Waals surface area contributed by atoms with Crippen molar-refractivity contribution in [2.45, 2.75) is 0 Å². The third-order valence-electron chi connectivity index (χ3n) is 9.86. The fraction of sp³-hybridized carbons (Fsp3) is 0. The first kappa shape index (κ1) is 29.8. The van der Waals surface area contributed by atoms with Gasteiger partial charge < -0.3 is 0 Å². The van der Waals surface area contributed by atoms with E-state index in [1.807, 2.05) is 54.9 Å². The SMILES string of the molecule is c1ccc(-c2ccc3ccc(-c4ccc5nc(-c6cc(-c7cnc8ccccc8c7)cc(-c7cnc8ccccc8c7)c6)ccc5c4)cc3n2)cc1. The van der Waals surface area contributed by atoms with Crippen LogP contribution in [0.3, 0.4) is 0 Å². The topological polar surface area (TPSA) is 51.6 Å². The van der Waals surface area contributed by atoms with Crippen LogP contribution in [0.4, 0.5) is 0 Å². The van der Waals surface area contributed by atoms with E-state index in [4.69, 9.17) is 19.9 Å². The van der Waals surface area contributed by atoms with E-state index in [0.717, 1.165) is 99.5 Å². The van der Waals surface area contributed by atoms with Crippen LogP contribution in [0.1, 0.15) is 0 Å². The van der Waals surface area contributed by atoms with Gasteiger partial charge in [0.1, 0.15) is 0 Å². The molecule has 4 heterocycles. The van der Waals surface area contributed by atoms with Crippen LogP contribution < -0.4 is 0 Å². The third kappa shape index (κ3) is 5.53. The molecule has 0 amide bonds. The maximum absolute atomic E-state index is 5.20. The Hall–Kier alpha value is -7.04. The van der Waals surface area contributed by atoms with Gasteiger partial charge in [-0.05, 0) is 95.1 Å². The van der Waals surface area contributed by atoms with Crippen LogP contribution in [-0.2, 0) is 0 Å². The van der Waals surface area contributed by atoms with E-state index in [1.54, 1.807) is 0 Å². The molecule has 0 spiro atoms. The summed E-state index contributed by atoms with van der Waals surface area (Å²) in [6.07, 6.45) is 3.92. The van der Waals surface area contributed by atoms with Crippen LogP contribution in [0, 0.1) is 0 Å². The highest BCUT2D eigenvalue weighted by molar-refractivity contribution is 5.92. The summed E-state index contributed by atoms with van der Waals surface area (Å²) in [5.41, 5.74) is 14.5. The van der Waals surface area contributed by atoms with Crippen molar-refractivity contribution in [3.8, 4) is 55.9 Å². The quantitative estimate of drug-likeness (QED) is 0.184. The molecule has 0 N–H and O–H groups in total. The van der Waals surface area contributed by atoms with Gasteiger partial charge in [0.25, 0.3) is 0 Å². The van der Waals surface area contributed by atoms with Crippen LogP contribution in [0.2, 0.25) is 0 Å². The van der Waals surface area contributed by atoms with Gasteiger partial charge in [0, 0.05) is 56.2 Å². The largest absolute Gasteiger partial charge is 0.256 e. The number of hydrogen-bond donors (Lipinski definition) is 0. The summed E-state index contributed by atoms with van der Waals surface area (Å²) in [4.78, 5) is 19.8. The second-order valence-electron chi connectivity index (χ2n) is 13.2. The van der Waals surface area contributed by atoms with Gasteiger partial charge in [0.2, 0.25) is 0 Å². The van der Waals surface area contributed by atoms with Crippen molar-refractivity contribution in [2.75, 3.05) is 0 Å². The lowest BCUT2D eigenvalue weighted by Gasteiger charge is -2.12. The Balaban J connectivity index is 1.05. The van der Waals surface area contributed by atoms with E-state index in [-0.39, 0.29) is 0 Å². The Morgan fingerprint density at radius 3 is 1.46 bits per heavy atom. The summed E-state index contributed by atoms with van der Waals surface area (Å²) in [5, 5.41) is 4.42. The lowest BCUT2D eigenvalue weighted by molar-refractivity contribution is 1.38. The van der Waals surface area contributed by atoms with E-state index >= 15 is 0 Å². The minimum atomic E-state index is 0.911. The summed E-state index contributed by atoms with van der Waals surface area (Å²) in [6, 6.07) is 59.4. The van der Waals surface area contributed by atoms with E-state index in [1.165, 1.54) is 0 Å². The summed E-state index contributed by atoms with van der Waals surface area (Å²) in [6.45, 7) is 0. The maximum atomic E-state index is 5.20. The van der Waals surface area contributed by atoms with Crippen LogP contribution in [-0.4, -0.2) is 19.9 Å². The lowest BCUT2D eigenvalue weighted by Crippen LogP contribution is -1.91. The summed E-state index contributed by atoms with van der Waals surface area (Å²) < 4.78 is 0. The molecule has 0 unspecified atom stereocenters. The molecule has 0 saturated heterocycles. The zero-order valence-corrected chi connectivity index (χ0v) is 28.1. The van der Waals surface area contributed by atoms with Gasteiger partial charge in [0.15, 0.2) is 0 Å². The van der Waals surface area contributed by atoms with Crippen molar-refractivity contribution >= 4 is 43.6 Å². The Labute approximate surface area is 300 Å². The summed E-state index contributed by atoms with van der Waals surface area (Å²) in [7, 11) is 0. The number of fused-ring (bicyclic) bond motifs is 4. The number of benzene rings is 6. The van der Waals surface area contributed by atoms with Crippen molar-refractivity contribution in [3.63, 3.8) is 0 Å². The minimum Gasteiger partial charge on any atom is -0.256 e. The lowest BCUT2D eigenvalue weighted by atomic mass is 9.94. The Bertz CT molecular complexity index is 2870. The molecule has 0 aliphatic heterocycles. The first-order valence-electron chi connectivity index (χ1n) is 17.4. The van der Waals surface area contributed by atoms with Crippen LogP contribution >= 0.6 is 0 Å². The van der Waals surface area contributed by atoms with Crippen molar-refractivity contribution in [1.29, 1.82) is 0 Å². The number of rotatable bonds is 5. The van der Waals surface area contributed by atoms with Crippen molar-refractivity contribution in [1.82, 2.24) is 19.9 Å². The Morgan fingerprint density at radius 1 is 0.250 bits per heavy atom. The van der Waals surface area contributed by atoms with Gasteiger partial charge in [-0.1, -0.05) is 97.1 Å². The van der Waals surface area contributed by atoms with Crippen LogP contribution in [0.25, 0.3) is 99.5 Å². The minimum absolute atomic E-state index is 0.911. The molecule has 0 radical (unpaired) electrons. The molecule has 4 aromatic heterocycles. The van der Waals surface area contributed by atoms with E-state index in [2.05, 4.69) is 127 Å². The molecule has 0 bridgehead atoms. The zero-order valence-electron chi connectivity index (χ0n) is 28.1. The molecule has 4 nitrogen and oxygen atoms in total. The molecular formula is C48H30N4. The van der Waals surface area contributed by atoms with E-state index in [0.29, 0.717) is 0 Å². The first-order valence-corrected chi connectivity index (χ1v) is 17.4. The molecular weight excluding hydrogens is 633 g/mol. The van der Waals surface area contributed by atoms with Gasteiger partial charge >= 0.3 is 0 Å². The molecule has 0 fully saturated rings. The molecule has 10 rings (SSSR count). The highest BCUT2D eigenvalue weighted by Gasteiger charge is 2.12. The van der Waals surface area contributed by atoms with E-state index < -0.39 is 0 Å². The van der Waals surface area contributed by atoms with Crippen LogP contribution in [0.15, 0.2) is 182 Å². The van der Waals surface area contributed by atoms with Crippen molar-refractivity contribution in [2.24, 2.45) is 0 Å². The first-order chi connectivity index (χ1) is 25.7. The van der Waals surface area contributed by atoms with E-state index in [9.17, 15) is 0 Å². The second-order valence-corrected chi connectivity index (χ2v) is 13.2. The monoisotopic (exact) mass is 662 g/mol. The summed E-state index contributed by atoms with van der Waals surface area (Å²) in [5.74, 6) is 0. The standard InChI is InChI=1S/C48H30N4/c1-2-8-31(9-3-1)45-19-16-32-14-15-34(28-48(32)52-45)33-17-20-46-37(22-33)18-21-47(51-46)40-26-38(41-23-35-10-4-6-12-43(35)49-29-41)25-39(27-40)42-24-36-11-5-7-13-44(36)50-30-42/h1-30H. The molecule has 0 aliphatic rings. The smallest absolute Gasteiger partial charge is 0.0715 e. The van der Waals surface area contributed by atoms with Gasteiger partial charge in [-0.3, -0.25) is 9.97 Å². The van der Waals surface area contributed by atoms with Gasteiger partial charge in [-0.2, -0.15) is 0 Å². The zero-order chi connectivity index (χ0) is 34.4. The average Bonchev–Trinajstić information content (AvgIpc) is 3.22. The van der Waals surface area contributed by atoms with Crippen molar-refractivity contribution in [3.05, 3.63) is 182 Å². The Kier molecular flexibility index (Phi) is 7.10. The highest BCUT2D eigenvalue weighted by atomic mass is 14.7. The third-order valence-corrected chi connectivity index (χ3v) is 9.86. The van der Waals surface area contributed by atoms with Crippen LogP contribution in [0.5, 0.6) is 0 Å². The number of hydrogen-bond acceptors (Lipinski definition) is 4. The predicted molar refractivity (Wildman–Crippen MR) is 215 cm³/mol. The molecule has 10 aromatic rings. The normalized spacial score (nSPS) is 11.5. The average molecular weight is 663 g/mol. The second kappa shape index (κ2) is 12.4. The van der Waals surface area contributed by atoms with Gasteiger partial charge in [0.05, 0.1) is 33.5 Å². The predicted octanol–water partition coefficient (Wildman–Crippen LogP) is 12.2. The van der Waals surface area contributed by atoms with Gasteiger partial charge in [-0.25, -0.2) is 9.97 Å². The molecule has 52 heavy (non-hydrogen) atoms. The number of aromatic nitrogens is 4. The Morgan fingerprint density at radius 2 is 0.750 bits per heavy atom. The summed E-state index contributed by atoms with van der Waals surface area (Å²) >= 11 is 0. The number of nitrogens with zero attached hydrogens (tertiary/aromatic N) is 4. The molecule has 0 saturated carbocycles. The number of pyridine rings is 4. The number of para-hydroxylation sites is 2. The molecule has 0 aliphatic carbocycles. The fourth-order valence-electron chi connectivity index (χ4n) is 7.10. The molecule has 6 aromatic carbocycles. The molecule has 4 heteroatoms. The highest BCUT2D eigenvalue weighted by Crippen LogP contribution is 2.35.